The molecule has 1 aliphatic heterocycles. The van der Waals surface area contributed by atoms with Gasteiger partial charge in [0, 0.05) is 31.9 Å². The average molecular weight is 464 g/mol. The van der Waals surface area contributed by atoms with E-state index in [4.69, 9.17) is 18.9 Å². The molecule has 3 aromatic heterocycles. The van der Waals surface area contributed by atoms with Gasteiger partial charge >= 0.3 is 0 Å². The number of methoxy groups -OCH3 is 1. The predicted molar refractivity (Wildman–Crippen MR) is 124 cm³/mol. The zero-order valence-corrected chi connectivity index (χ0v) is 18.7. The molecule has 0 aliphatic carbocycles. The van der Waals surface area contributed by atoms with E-state index in [0.29, 0.717) is 64.5 Å². The van der Waals surface area contributed by atoms with Crippen molar-refractivity contribution >= 4 is 34.4 Å². The molecule has 5 rings (SSSR count). The molecule has 0 unspecified atom stereocenters. The molecule has 4 N–H and O–H groups in total. The summed E-state index contributed by atoms with van der Waals surface area (Å²) >= 11 is 0. The van der Waals surface area contributed by atoms with Crippen molar-refractivity contribution in [3.63, 3.8) is 0 Å². The first kappa shape index (κ1) is 21.6. The monoisotopic (exact) mass is 464 g/mol. The van der Waals surface area contributed by atoms with Gasteiger partial charge in [-0.25, -0.2) is 4.98 Å². The highest BCUT2D eigenvalue weighted by molar-refractivity contribution is 5.99. The molecule has 1 aromatic carbocycles. The Morgan fingerprint density at radius 1 is 1.24 bits per heavy atom. The van der Waals surface area contributed by atoms with Crippen LogP contribution in [0.1, 0.15) is 23.2 Å². The number of H-pyrrole nitrogens is 1. The number of anilines is 3. The number of nitrogens with one attached hydrogen (secondary N) is 4. The highest BCUT2D eigenvalue weighted by Gasteiger charge is 2.22. The maximum absolute atomic E-state index is 12.0. The molecule has 1 amide bonds. The molecule has 12 heteroatoms. The largest absolute Gasteiger partial charge is 0.495 e. The number of amides is 1. The van der Waals surface area contributed by atoms with E-state index in [1.165, 1.54) is 13.5 Å². The van der Waals surface area contributed by atoms with Crippen LogP contribution in [-0.4, -0.2) is 64.5 Å². The van der Waals surface area contributed by atoms with E-state index in [-0.39, 0.29) is 11.9 Å². The number of aromatic amines is 1. The van der Waals surface area contributed by atoms with Crippen molar-refractivity contribution in [3.05, 3.63) is 36.4 Å². The number of fused-ring (bicyclic) bond motifs is 1. The molecule has 176 valence electrons. The van der Waals surface area contributed by atoms with Crippen molar-refractivity contribution in [1.29, 1.82) is 0 Å². The van der Waals surface area contributed by atoms with Crippen LogP contribution in [0.25, 0.3) is 22.5 Å². The van der Waals surface area contributed by atoms with Crippen molar-refractivity contribution in [2.45, 2.75) is 18.9 Å². The first-order chi connectivity index (χ1) is 16.7. The van der Waals surface area contributed by atoms with Crippen molar-refractivity contribution in [1.82, 2.24) is 30.5 Å². The maximum Gasteiger partial charge on any atom is 0.251 e. The topological polar surface area (TPSA) is 152 Å². The second-order valence-corrected chi connectivity index (χ2v) is 7.71. The fourth-order valence-electron chi connectivity index (χ4n) is 3.84. The number of benzene rings is 1. The molecule has 0 bridgehead atoms. The summed E-state index contributed by atoms with van der Waals surface area (Å²) < 4.78 is 16.4. The number of rotatable bonds is 7. The van der Waals surface area contributed by atoms with Gasteiger partial charge in [0.25, 0.3) is 5.91 Å². The highest BCUT2D eigenvalue weighted by atomic mass is 16.5. The summed E-state index contributed by atoms with van der Waals surface area (Å²) in [4.78, 5) is 25.3. The van der Waals surface area contributed by atoms with Gasteiger partial charge in [0.1, 0.15) is 17.3 Å². The summed E-state index contributed by atoms with van der Waals surface area (Å²) in [5, 5.41) is 17.4. The van der Waals surface area contributed by atoms with Crippen LogP contribution >= 0.6 is 0 Å². The second-order valence-electron chi connectivity index (χ2n) is 7.71. The number of oxazole rings is 1. The third kappa shape index (κ3) is 4.22. The Labute approximate surface area is 194 Å². The van der Waals surface area contributed by atoms with Gasteiger partial charge in [0.05, 0.1) is 24.4 Å². The van der Waals surface area contributed by atoms with Crippen LogP contribution in [0.15, 0.2) is 35.2 Å². The lowest BCUT2D eigenvalue weighted by Gasteiger charge is -2.24. The number of hydrogen-bond donors (Lipinski definition) is 4. The molecule has 1 aliphatic rings. The van der Waals surface area contributed by atoms with Gasteiger partial charge in [0.15, 0.2) is 17.8 Å². The number of carbonyl (C=O) groups is 1. The van der Waals surface area contributed by atoms with Crippen molar-refractivity contribution in [2.75, 3.05) is 38.0 Å². The first-order valence-electron chi connectivity index (χ1n) is 10.8. The van der Waals surface area contributed by atoms with Crippen LogP contribution in [0.2, 0.25) is 0 Å². The van der Waals surface area contributed by atoms with Gasteiger partial charge in [0.2, 0.25) is 5.95 Å². The Balaban J connectivity index is 1.54. The van der Waals surface area contributed by atoms with E-state index in [0.717, 1.165) is 12.8 Å². The van der Waals surface area contributed by atoms with Crippen LogP contribution < -0.4 is 20.7 Å². The van der Waals surface area contributed by atoms with Gasteiger partial charge in [-0.1, -0.05) is 0 Å². The minimum atomic E-state index is -0.206. The summed E-state index contributed by atoms with van der Waals surface area (Å²) in [6.45, 7) is 1.37. The molecule has 0 radical (unpaired) electrons. The van der Waals surface area contributed by atoms with E-state index in [1.807, 2.05) is 0 Å². The van der Waals surface area contributed by atoms with Crippen molar-refractivity contribution in [2.24, 2.45) is 0 Å². The van der Waals surface area contributed by atoms with Crippen LogP contribution in [0.3, 0.4) is 0 Å². The van der Waals surface area contributed by atoms with E-state index < -0.39 is 0 Å². The molecule has 0 saturated carbocycles. The van der Waals surface area contributed by atoms with Gasteiger partial charge in [-0.15, -0.1) is 0 Å². The zero-order valence-electron chi connectivity index (χ0n) is 18.7. The van der Waals surface area contributed by atoms with E-state index in [1.54, 1.807) is 31.4 Å². The third-order valence-corrected chi connectivity index (χ3v) is 5.58. The average Bonchev–Trinajstić information content (AvgIpc) is 3.54. The Morgan fingerprint density at radius 3 is 2.82 bits per heavy atom. The molecular formula is C22H24N8O4. The summed E-state index contributed by atoms with van der Waals surface area (Å²) in [6.07, 6.45) is 4.67. The van der Waals surface area contributed by atoms with Gasteiger partial charge in [-0.3, -0.25) is 9.89 Å². The first-order valence-corrected chi connectivity index (χ1v) is 10.8. The molecule has 34 heavy (non-hydrogen) atoms. The second kappa shape index (κ2) is 9.35. The molecule has 12 nitrogen and oxygen atoms in total. The lowest BCUT2D eigenvalue weighted by atomic mass is 10.1. The number of carbonyl (C=O) groups excluding carboxylic acids is 1. The Hall–Kier alpha value is -4.19. The van der Waals surface area contributed by atoms with Crippen molar-refractivity contribution in [3.8, 4) is 17.2 Å². The highest BCUT2D eigenvalue weighted by Crippen LogP contribution is 2.34. The zero-order chi connectivity index (χ0) is 23.5. The predicted octanol–water partition coefficient (Wildman–Crippen LogP) is 2.71. The normalized spacial score (nSPS) is 14.2. The van der Waals surface area contributed by atoms with Crippen molar-refractivity contribution < 1.29 is 18.7 Å². The molecular weight excluding hydrogens is 440 g/mol. The van der Waals surface area contributed by atoms with Gasteiger partial charge < -0.3 is 29.8 Å². The Bertz CT molecular complexity index is 1300. The fraction of sp³-hybridized carbons (Fsp3) is 0.318. The maximum atomic E-state index is 12.0. The minimum absolute atomic E-state index is 0.193. The third-order valence-electron chi connectivity index (χ3n) is 5.58. The van der Waals surface area contributed by atoms with Gasteiger partial charge in [-0.2, -0.15) is 15.1 Å². The number of aromatic nitrogens is 5. The summed E-state index contributed by atoms with van der Waals surface area (Å²) in [7, 11) is 3.11. The number of hydrogen-bond acceptors (Lipinski definition) is 10. The van der Waals surface area contributed by atoms with Crippen LogP contribution in [0.5, 0.6) is 5.75 Å². The molecule has 4 aromatic rings. The Kier molecular flexibility index (Phi) is 5.95. The van der Waals surface area contributed by atoms with Crippen LogP contribution in [0.4, 0.5) is 17.5 Å². The summed E-state index contributed by atoms with van der Waals surface area (Å²) in [6, 6.07) is 5.29. The quantitative estimate of drug-likeness (QED) is 0.321. The summed E-state index contributed by atoms with van der Waals surface area (Å²) in [5.41, 5.74) is 2.19. The minimum Gasteiger partial charge on any atom is -0.495 e. The number of nitrogens with zero attached hydrogens (tertiary/aromatic N) is 4. The molecule has 0 spiro atoms. The van der Waals surface area contributed by atoms with Gasteiger partial charge in [-0.05, 0) is 31.0 Å². The Morgan fingerprint density at radius 2 is 2.09 bits per heavy atom. The lowest BCUT2D eigenvalue weighted by Crippen LogP contribution is -2.28. The standard InChI is InChI=1S/C22H24N8O4/c1-23-21(31)12-3-4-14(15(9-12)32-2)26-22-27-19(25-13-5-7-33-8-6-13)17-18(16-10-24-11-34-16)29-30-20(17)28-22/h3-4,9-11,13H,5-8H2,1-2H3,(H,23,31)(H3,25,26,27,28,29,30). The summed E-state index contributed by atoms with van der Waals surface area (Å²) in [5.74, 6) is 1.73. The lowest BCUT2D eigenvalue weighted by molar-refractivity contribution is 0.0904. The van der Waals surface area contributed by atoms with E-state index in [2.05, 4.69) is 36.1 Å². The molecule has 1 saturated heterocycles. The van der Waals surface area contributed by atoms with Crippen LogP contribution in [-0.2, 0) is 4.74 Å². The number of ether oxygens (including phenoxy) is 2. The smallest absolute Gasteiger partial charge is 0.251 e. The SMILES string of the molecule is CNC(=O)c1ccc(Nc2nc(NC3CCOCC3)c3c(-c4cnco4)n[nH]c3n2)c(OC)c1. The molecule has 1 fully saturated rings. The molecule has 0 atom stereocenters. The van der Waals surface area contributed by atoms with E-state index in [9.17, 15) is 4.79 Å². The fourth-order valence-corrected chi connectivity index (χ4v) is 3.84. The molecule has 4 heterocycles. The van der Waals surface area contributed by atoms with E-state index >= 15 is 0 Å². The van der Waals surface area contributed by atoms with Crippen LogP contribution in [0, 0.1) is 0 Å².